The first-order chi connectivity index (χ1) is 7.21. The second kappa shape index (κ2) is 5.30. The maximum atomic E-state index is 10.5. The highest BCUT2D eigenvalue weighted by molar-refractivity contribution is 5.25. The Bertz CT molecular complexity index is 384. The van der Waals surface area contributed by atoms with Gasteiger partial charge in [0.1, 0.15) is 11.6 Å². The summed E-state index contributed by atoms with van der Waals surface area (Å²) in [6.45, 7) is 1.85. The number of rotatable bonds is 2. The molecular weight excluding hydrogens is 222 g/mol. The van der Waals surface area contributed by atoms with E-state index in [4.69, 9.17) is 0 Å². The van der Waals surface area contributed by atoms with Crippen LogP contribution in [0.2, 0.25) is 0 Å². The molecule has 0 fully saturated rings. The van der Waals surface area contributed by atoms with Gasteiger partial charge in [0.05, 0.1) is 6.20 Å². The van der Waals surface area contributed by atoms with Gasteiger partial charge in [0.25, 0.3) is 0 Å². The zero-order valence-electron chi connectivity index (χ0n) is 9.18. The summed E-state index contributed by atoms with van der Waals surface area (Å²) in [5.74, 6) is 0. The van der Waals surface area contributed by atoms with E-state index in [2.05, 4.69) is 0 Å². The Morgan fingerprint density at radius 1 is 1.19 bits per heavy atom. The van der Waals surface area contributed by atoms with Crippen LogP contribution in [0.3, 0.4) is 0 Å². The zero-order chi connectivity index (χ0) is 10.7. The molecule has 0 saturated heterocycles. The van der Waals surface area contributed by atoms with Crippen molar-refractivity contribution in [2.24, 2.45) is 0 Å². The van der Waals surface area contributed by atoms with Crippen LogP contribution < -0.4 is 17.7 Å². The average molecular weight is 238 g/mol. The number of halogens is 1. The van der Waals surface area contributed by atoms with E-state index in [9.17, 15) is 5.11 Å². The lowest BCUT2D eigenvalue weighted by Crippen LogP contribution is -3.00. The molecule has 2 rings (SSSR count). The van der Waals surface area contributed by atoms with Crippen LogP contribution in [0.15, 0.2) is 54.8 Å². The number of quaternary nitrogens is 1. The van der Waals surface area contributed by atoms with E-state index in [0.29, 0.717) is 0 Å². The van der Waals surface area contributed by atoms with Gasteiger partial charge >= 0.3 is 0 Å². The third-order valence-corrected chi connectivity index (χ3v) is 2.87. The molecule has 0 radical (unpaired) electrons. The van der Waals surface area contributed by atoms with Crippen molar-refractivity contribution in [3.8, 4) is 0 Å². The Hall–Kier alpha value is -1.09. The van der Waals surface area contributed by atoms with E-state index in [1.54, 1.807) is 0 Å². The highest BCUT2D eigenvalue weighted by atomic mass is 35.5. The molecule has 2 nitrogen and oxygen atoms in total. The summed E-state index contributed by atoms with van der Waals surface area (Å²) in [6, 6.07) is 9.82. The van der Waals surface area contributed by atoms with E-state index in [-0.39, 0.29) is 18.4 Å². The molecule has 1 aromatic rings. The third-order valence-electron chi connectivity index (χ3n) is 2.87. The van der Waals surface area contributed by atoms with Gasteiger partial charge in [0, 0.05) is 0 Å². The smallest absolute Gasteiger partial charge is 0.142 e. The molecule has 0 aliphatic carbocycles. The van der Waals surface area contributed by atoms with E-state index in [1.165, 1.54) is 0 Å². The fourth-order valence-electron chi connectivity index (χ4n) is 1.84. The monoisotopic (exact) mass is 237 g/mol. The van der Waals surface area contributed by atoms with Crippen LogP contribution in [-0.4, -0.2) is 11.1 Å². The number of aliphatic hydroxyl groups is 1. The zero-order valence-corrected chi connectivity index (χ0v) is 9.93. The summed E-state index contributed by atoms with van der Waals surface area (Å²) in [5, 5.41) is 12.5. The minimum absolute atomic E-state index is 0. The molecule has 1 aliphatic heterocycles. The van der Waals surface area contributed by atoms with Gasteiger partial charge in [-0.15, -0.1) is 0 Å². The number of nitrogens with two attached hydrogens (primary N) is 1. The highest BCUT2D eigenvalue weighted by Gasteiger charge is 2.34. The molecular formula is C13H16ClNO. The molecule has 86 valence electrons. The predicted octanol–water partition coefficient (Wildman–Crippen LogP) is -2.09. The van der Waals surface area contributed by atoms with E-state index < -0.39 is 5.60 Å². The largest absolute Gasteiger partial charge is 1.00 e. The molecule has 0 amide bonds. The predicted molar refractivity (Wildman–Crippen MR) is 60.0 cm³/mol. The molecule has 3 heteroatoms. The van der Waals surface area contributed by atoms with E-state index >= 15 is 0 Å². The first kappa shape index (κ1) is 13.0. The Balaban J connectivity index is 0.00000128. The minimum atomic E-state index is -0.831. The van der Waals surface area contributed by atoms with Gasteiger partial charge in [-0.1, -0.05) is 36.4 Å². The van der Waals surface area contributed by atoms with Crippen molar-refractivity contribution >= 4 is 0 Å². The summed E-state index contributed by atoms with van der Waals surface area (Å²) in [7, 11) is 0. The van der Waals surface area contributed by atoms with Crippen molar-refractivity contribution in [2.75, 3.05) is 0 Å². The average Bonchev–Trinajstić information content (AvgIpc) is 2.31. The first-order valence-corrected chi connectivity index (χ1v) is 5.17. The lowest BCUT2D eigenvalue weighted by atomic mass is 9.87. The van der Waals surface area contributed by atoms with Crippen LogP contribution in [0.4, 0.5) is 0 Å². The minimum Gasteiger partial charge on any atom is -1.00 e. The molecule has 1 aliphatic rings. The van der Waals surface area contributed by atoms with Gasteiger partial charge in [-0.05, 0) is 24.6 Å². The van der Waals surface area contributed by atoms with Crippen LogP contribution in [-0.2, 0) is 5.60 Å². The molecule has 0 spiro atoms. The number of allylic oxidation sites excluding steroid dienone is 2. The van der Waals surface area contributed by atoms with Gasteiger partial charge < -0.3 is 22.8 Å². The number of hydrogen-bond acceptors (Lipinski definition) is 1. The summed E-state index contributed by atoms with van der Waals surface area (Å²) < 4.78 is 0. The maximum Gasteiger partial charge on any atom is 0.142 e. The van der Waals surface area contributed by atoms with Gasteiger partial charge in [-0.2, -0.15) is 0 Å². The Kier molecular flexibility index (Phi) is 4.30. The quantitative estimate of drug-likeness (QED) is 0.609. The van der Waals surface area contributed by atoms with Crippen molar-refractivity contribution in [3.63, 3.8) is 0 Å². The van der Waals surface area contributed by atoms with Crippen LogP contribution in [0.1, 0.15) is 12.5 Å². The number of benzene rings is 1. The maximum absolute atomic E-state index is 10.5. The Morgan fingerprint density at radius 3 is 2.44 bits per heavy atom. The molecule has 0 saturated carbocycles. The van der Waals surface area contributed by atoms with Crippen molar-refractivity contribution in [2.45, 2.75) is 18.6 Å². The summed E-state index contributed by atoms with van der Waals surface area (Å²) in [4.78, 5) is 0. The molecule has 2 unspecified atom stereocenters. The summed E-state index contributed by atoms with van der Waals surface area (Å²) >= 11 is 0. The van der Waals surface area contributed by atoms with Crippen molar-refractivity contribution < 1.29 is 22.8 Å². The summed E-state index contributed by atoms with van der Waals surface area (Å²) in [5.41, 5.74) is 0.119. The fraction of sp³-hybridized carbons (Fsp3) is 0.231. The third kappa shape index (κ3) is 2.53. The van der Waals surface area contributed by atoms with Crippen molar-refractivity contribution in [3.05, 3.63) is 60.3 Å². The van der Waals surface area contributed by atoms with Crippen LogP contribution in [0.5, 0.6) is 0 Å². The van der Waals surface area contributed by atoms with Crippen molar-refractivity contribution in [1.82, 2.24) is 0 Å². The van der Waals surface area contributed by atoms with Gasteiger partial charge in [0.15, 0.2) is 0 Å². The van der Waals surface area contributed by atoms with E-state index in [0.717, 1.165) is 5.56 Å². The lowest BCUT2D eigenvalue weighted by Gasteiger charge is -2.29. The molecule has 1 heterocycles. The standard InChI is InChI=1S/C13H15NO.ClH/c1-13(15,11-7-3-2-4-8-11)12-9-5-6-10-14-12;/h2-10,12,14-15H,1H3;1H. The second-order valence-corrected chi connectivity index (χ2v) is 4.00. The molecule has 3 N–H and O–H groups in total. The SMILES string of the molecule is CC(O)(c1ccccc1)C1C=CC=C[NH2+]1.[Cl-]. The second-order valence-electron chi connectivity index (χ2n) is 4.00. The van der Waals surface area contributed by atoms with Crippen LogP contribution >= 0.6 is 0 Å². The lowest BCUT2D eigenvalue weighted by molar-refractivity contribution is -0.634. The normalized spacial score (nSPS) is 22.2. The Morgan fingerprint density at radius 2 is 1.88 bits per heavy atom. The van der Waals surface area contributed by atoms with Crippen LogP contribution in [0.25, 0.3) is 0 Å². The van der Waals surface area contributed by atoms with Crippen molar-refractivity contribution in [1.29, 1.82) is 0 Å². The number of hydrogen-bond donors (Lipinski definition) is 2. The highest BCUT2D eigenvalue weighted by Crippen LogP contribution is 2.23. The van der Waals surface area contributed by atoms with Gasteiger partial charge in [0.2, 0.25) is 0 Å². The molecule has 0 bridgehead atoms. The molecule has 1 aromatic carbocycles. The Labute approximate surface area is 102 Å². The molecule has 0 aromatic heterocycles. The van der Waals surface area contributed by atoms with Gasteiger partial charge in [-0.3, -0.25) is 0 Å². The van der Waals surface area contributed by atoms with E-state index in [1.807, 2.05) is 67.0 Å². The first-order valence-electron chi connectivity index (χ1n) is 5.17. The van der Waals surface area contributed by atoms with Crippen LogP contribution in [0, 0.1) is 0 Å². The topological polar surface area (TPSA) is 36.8 Å². The molecule has 16 heavy (non-hydrogen) atoms. The molecule has 2 atom stereocenters. The van der Waals surface area contributed by atoms with Gasteiger partial charge in [-0.25, -0.2) is 0 Å². The summed E-state index contributed by atoms with van der Waals surface area (Å²) in [6.07, 6.45) is 7.94. The fourth-order valence-corrected chi connectivity index (χ4v) is 1.84.